The fourth-order valence-corrected chi connectivity index (χ4v) is 5.99. The van der Waals surface area contributed by atoms with Crippen molar-refractivity contribution in [2.45, 2.75) is 84.5 Å². The fourth-order valence-electron chi connectivity index (χ4n) is 4.27. The third-order valence-electron chi connectivity index (χ3n) is 8.43. The molecule has 0 aromatic heterocycles. The Labute approximate surface area is 298 Å². The maximum absolute atomic E-state index is 12.8. The molecule has 1 atom stereocenters. The summed E-state index contributed by atoms with van der Waals surface area (Å²) in [4.78, 5) is 2.06. The molecular formula is C38H50O8S3. The first kappa shape index (κ1) is 41.8. The Balaban J connectivity index is 2.64. The lowest BCUT2D eigenvalue weighted by molar-refractivity contribution is -0.0475. The van der Waals surface area contributed by atoms with Crippen LogP contribution in [-0.4, -0.2) is 36.3 Å². The van der Waals surface area contributed by atoms with Crippen LogP contribution >= 0.6 is 11.8 Å². The Kier molecular flexibility index (Phi) is 13.8. The Bertz CT molecular complexity index is 1840. The second-order valence-electron chi connectivity index (χ2n) is 13.7. The standard InChI is InChI=1S/C38H50O8S3/c1-12-15-33(14-3)47-34-22-20-31(21-23-34)45-32-19-17-29(26-38(11,27-32)49(42,43)44)36(7,8)28(24-25-48(39,40)41)16-18-30(13-2)46-37(9,10)35(4,5)6/h12-27H,2H2,1,3-11H3,(H,39,40,41)(H,42,43,44)/b15-12-,25-24+,28-16+,30-18+,33-14+. The third-order valence-corrected chi connectivity index (χ3v) is 11.4. The van der Waals surface area contributed by atoms with Gasteiger partial charge in [0.1, 0.15) is 27.6 Å². The first-order valence-corrected chi connectivity index (χ1v) is 19.4. The van der Waals surface area contributed by atoms with E-state index in [1.54, 1.807) is 62.0 Å². The van der Waals surface area contributed by atoms with Gasteiger partial charge in [0, 0.05) is 20.6 Å². The Morgan fingerprint density at radius 1 is 0.898 bits per heavy atom. The van der Waals surface area contributed by atoms with Crippen molar-refractivity contribution in [2.75, 3.05) is 0 Å². The van der Waals surface area contributed by atoms with Gasteiger partial charge in [-0.15, -0.1) is 0 Å². The Morgan fingerprint density at radius 3 is 2.00 bits per heavy atom. The summed E-state index contributed by atoms with van der Waals surface area (Å²) in [6.07, 6.45) is 17.9. The highest BCUT2D eigenvalue weighted by Crippen LogP contribution is 2.42. The third kappa shape index (κ3) is 11.9. The summed E-state index contributed by atoms with van der Waals surface area (Å²) in [6.45, 7) is 22.6. The van der Waals surface area contributed by atoms with Gasteiger partial charge in [0.2, 0.25) is 0 Å². The highest BCUT2D eigenvalue weighted by atomic mass is 32.2. The summed E-state index contributed by atoms with van der Waals surface area (Å²) in [6, 6.07) is 7.31. The zero-order chi connectivity index (χ0) is 37.5. The molecule has 0 saturated carbocycles. The average Bonchev–Trinajstić information content (AvgIpc) is 3.15. The molecule has 1 aliphatic carbocycles. The zero-order valence-corrected chi connectivity index (χ0v) is 32.5. The molecule has 1 aromatic rings. The predicted molar refractivity (Wildman–Crippen MR) is 202 cm³/mol. The summed E-state index contributed by atoms with van der Waals surface area (Å²) < 4.78 is 79.6. The topological polar surface area (TPSA) is 127 Å². The maximum atomic E-state index is 12.8. The van der Waals surface area contributed by atoms with Gasteiger partial charge in [-0.2, -0.15) is 16.8 Å². The van der Waals surface area contributed by atoms with Crippen molar-refractivity contribution in [1.82, 2.24) is 0 Å². The molecule has 0 radical (unpaired) electrons. The number of ether oxygens (including phenoxy) is 2. The van der Waals surface area contributed by atoms with Crippen LogP contribution < -0.4 is 4.74 Å². The highest BCUT2D eigenvalue weighted by molar-refractivity contribution is 8.03. The number of rotatable bonds is 14. The molecule has 8 nitrogen and oxygen atoms in total. The van der Waals surface area contributed by atoms with Gasteiger partial charge in [0.15, 0.2) is 0 Å². The predicted octanol–water partition coefficient (Wildman–Crippen LogP) is 9.93. The van der Waals surface area contributed by atoms with Crippen molar-refractivity contribution in [3.8, 4) is 5.75 Å². The molecular weight excluding hydrogens is 681 g/mol. The van der Waals surface area contributed by atoms with Crippen LogP contribution in [0.15, 0.2) is 136 Å². The lowest BCUT2D eigenvalue weighted by Crippen LogP contribution is -2.39. The van der Waals surface area contributed by atoms with Crippen LogP contribution in [0.5, 0.6) is 5.75 Å². The molecule has 1 aliphatic rings. The van der Waals surface area contributed by atoms with Crippen LogP contribution in [0, 0.1) is 10.8 Å². The van der Waals surface area contributed by atoms with E-state index in [9.17, 15) is 25.9 Å². The number of thioether (sulfide) groups is 1. The van der Waals surface area contributed by atoms with Crippen LogP contribution in [0.4, 0.5) is 0 Å². The lowest BCUT2D eigenvalue weighted by Gasteiger charge is -2.39. The van der Waals surface area contributed by atoms with Crippen molar-refractivity contribution < 1.29 is 35.4 Å². The van der Waals surface area contributed by atoms with Gasteiger partial charge in [0.25, 0.3) is 20.2 Å². The molecule has 11 heteroatoms. The van der Waals surface area contributed by atoms with Gasteiger partial charge in [0.05, 0.1) is 5.41 Å². The van der Waals surface area contributed by atoms with Crippen LogP contribution in [-0.2, 0) is 25.0 Å². The quantitative estimate of drug-likeness (QED) is 0.0832. The minimum absolute atomic E-state index is 0.163. The summed E-state index contributed by atoms with van der Waals surface area (Å²) in [5, 5.41) is 0.650. The van der Waals surface area contributed by atoms with Crippen molar-refractivity contribution in [3.63, 3.8) is 0 Å². The van der Waals surface area contributed by atoms with E-state index >= 15 is 0 Å². The maximum Gasteiger partial charge on any atom is 0.287 e. The monoisotopic (exact) mass is 730 g/mol. The molecule has 2 rings (SSSR count). The molecule has 2 N–H and O–H groups in total. The van der Waals surface area contributed by atoms with Gasteiger partial charge in [-0.25, -0.2) is 0 Å². The second kappa shape index (κ2) is 16.1. The van der Waals surface area contributed by atoms with Crippen molar-refractivity contribution in [1.29, 1.82) is 0 Å². The van der Waals surface area contributed by atoms with E-state index in [1.807, 2.05) is 78.8 Å². The van der Waals surface area contributed by atoms with E-state index in [1.165, 1.54) is 31.2 Å². The molecule has 0 bridgehead atoms. The van der Waals surface area contributed by atoms with E-state index in [2.05, 4.69) is 6.58 Å². The largest absolute Gasteiger partial charge is 0.487 e. The normalized spacial score (nSPS) is 19.1. The van der Waals surface area contributed by atoms with E-state index in [0.717, 1.165) is 9.80 Å². The number of benzene rings is 1. The van der Waals surface area contributed by atoms with E-state index < -0.39 is 36.0 Å². The Hall–Kier alpha value is -3.35. The molecule has 0 aliphatic heterocycles. The molecule has 1 unspecified atom stereocenters. The minimum Gasteiger partial charge on any atom is -0.487 e. The number of hydrogen-bond acceptors (Lipinski definition) is 7. The molecule has 1 aromatic carbocycles. The van der Waals surface area contributed by atoms with Gasteiger partial charge < -0.3 is 9.47 Å². The molecule has 0 heterocycles. The van der Waals surface area contributed by atoms with Crippen LogP contribution in [0.3, 0.4) is 0 Å². The smallest absolute Gasteiger partial charge is 0.287 e. The van der Waals surface area contributed by atoms with Gasteiger partial charge in [-0.1, -0.05) is 89.4 Å². The molecule has 0 saturated heterocycles. The second-order valence-corrected chi connectivity index (χ2v) is 18.0. The minimum atomic E-state index is -4.73. The van der Waals surface area contributed by atoms with Gasteiger partial charge in [-0.05, 0) is 100 Å². The SMILES string of the molecule is C=C\C(=C/C=C(\C=C\S(=O)(=O)O)C(C)(C)C1=CC(C)(S(=O)(=O)O)C=C(Oc2ccc(SC(/C=C\C)=C/C)cc2)C=C1)OC(C)(C)C(C)(C)C. The number of allylic oxidation sites excluding steroid dienone is 11. The summed E-state index contributed by atoms with van der Waals surface area (Å²) >= 11 is 1.58. The van der Waals surface area contributed by atoms with Crippen LogP contribution in [0.1, 0.15) is 69.2 Å². The first-order valence-electron chi connectivity index (χ1n) is 15.6. The Morgan fingerprint density at radius 2 is 1.51 bits per heavy atom. The summed E-state index contributed by atoms with van der Waals surface area (Å²) in [5.41, 5.74) is -1.16. The molecule has 268 valence electrons. The van der Waals surface area contributed by atoms with Crippen molar-refractivity contribution >= 4 is 32.0 Å². The van der Waals surface area contributed by atoms with Crippen molar-refractivity contribution in [3.05, 3.63) is 131 Å². The van der Waals surface area contributed by atoms with Crippen LogP contribution in [0.2, 0.25) is 0 Å². The van der Waals surface area contributed by atoms with E-state index in [4.69, 9.17) is 9.47 Å². The van der Waals surface area contributed by atoms with E-state index in [0.29, 0.717) is 28.1 Å². The fraction of sp³-hybridized carbons (Fsp3) is 0.368. The average molecular weight is 731 g/mol. The summed E-state index contributed by atoms with van der Waals surface area (Å²) in [5.74, 6) is 1.02. The van der Waals surface area contributed by atoms with E-state index in [-0.39, 0.29) is 11.2 Å². The van der Waals surface area contributed by atoms with Crippen molar-refractivity contribution in [2.24, 2.45) is 10.8 Å². The zero-order valence-electron chi connectivity index (χ0n) is 30.0. The first-order chi connectivity index (χ1) is 22.4. The summed E-state index contributed by atoms with van der Waals surface area (Å²) in [7, 11) is -9.25. The number of hydrogen-bond donors (Lipinski definition) is 2. The van der Waals surface area contributed by atoms with Gasteiger partial charge in [-0.3, -0.25) is 9.11 Å². The lowest BCUT2D eigenvalue weighted by atomic mass is 9.75. The molecule has 49 heavy (non-hydrogen) atoms. The highest BCUT2D eigenvalue weighted by Gasteiger charge is 2.39. The molecule has 0 fully saturated rings. The van der Waals surface area contributed by atoms with Crippen LogP contribution in [0.25, 0.3) is 0 Å². The molecule has 0 amide bonds. The molecule has 0 spiro atoms. The van der Waals surface area contributed by atoms with Gasteiger partial charge >= 0.3 is 0 Å².